The first-order valence-electron chi connectivity index (χ1n) is 20.6. The van der Waals surface area contributed by atoms with Gasteiger partial charge in [-0.3, -0.25) is 4.79 Å². The van der Waals surface area contributed by atoms with Gasteiger partial charge in [0.2, 0.25) is 0 Å². The number of hydrogen-bond donors (Lipinski definition) is 0. The average Bonchev–Trinajstić information content (AvgIpc) is 3.07. The van der Waals surface area contributed by atoms with Crippen molar-refractivity contribution < 1.29 is 32.3 Å². The zero-order chi connectivity index (χ0) is 40.8. The van der Waals surface area contributed by atoms with Crippen LogP contribution in [0.2, 0.25) is 41.3 Å². The van der Waals surface area contributed by atoms with Gasteiger partial charge < -0.3 is 27.5 Å². The molecule has 7 atom stereocenters. The fourth-order valence-electron chi connectivity index (χ4n) is 8.06. The van der Waals surface area contributed by atoms with E-state index < -0.39 is 36.7 Å². The van der Waals surface area contributed by atoms with Crippen molar-refractivity contribution in [3.05, 3.63) is 72.8 Å². The Morgan fingerprint density at radius 3 is 1.82 bits per heavy atom. The van der Waals surface area contributed by atoms with Crippen LogP contribution in [-0.2, 0) is 32.3 Å². The summed E-state index contributed by atoms with van der Waals surface area (Å²) in [4.78, 5) is 13.5. The molecule has 3 saturated heterocycles. The number of benzene rings is 2. The third-order valence-corrected chi connectivity index (χ3v) is 27.5. The first kappa shape index (κ1) is 44.4. The molecule has 0 spiro atoms. The predicted molar refractivity (Wildman–Crippen MR) is 232 cm³/mol. The number of carbonyl (C=O) groups is 1. The van der Waals surface area contributed by atoms with E-state index >= 15 is 0 Å². The SMILES string of the molecule is C=C(CO[Si](c1ccccc1)(c1ccccc1)C(C)(C)C)C[C@@H]1C[C@H](O[Si](C)(C)C(C)(C)C)[C@]2(C)O[C@@H]3CC(=O)[C@@H](CO[Si](C)(C)C(C)(C)C)O[C@H]3C[C@H]2O1. The van der Waals surface area contributed by atoms with Crippen molar-refractivity contribution >= 4 is 41.1 Å². The van der Waals surface area contributed by atoms with Crippen molar-refractivity contribution in [1.82, 2.24) is 0 Å². The number of hydrogen-bond acceptors (Lipinski definition) is 7. The van der Waals surface area contributed by atoms with Gasteiger partial charge in [-0.1, -0.05) is 135 Å². The fraction of sp³-hybridized carbons (Fsp3) is 0.667. The second-order valence-electron chi connectivity index (χ2n) is 20.7. The normalized spacial score (nSPS) is 28.4. The molecule has 3 heterocycles. The van der Waals surface area contributed by atoms with E-state index in [1.54, 1.807) is 0 Å². The Hall–Kier alpha value is -1.74. The maximum absolute atomic E-state index is 13.5. The molecule has 5 rings (SSSR count). The van der Waals surface area contributed by atoms with Gasteiger partial charge in [0, 0.05) is 19.3 Å². The molecule has 10 heteroatoms. The lowest BCUT2D eigenvalue weighted by Crippen LogP contribution is -2.69. The molecule has 0 N–H and O–H groups in total. The minimum absolute atomic E-state index is 0.0123. The van der Waals surface area contributed by atoms with Gasteiger partial charge in [-0.2, -0.15) is 0 Å². The van der Waals surface area contributed by atoms with Crippen LogP contribution in [0.5, 0.6) is 0 Å². The van der Waals surface area contributed by atoms with E-state index in [4.69, 9.17) is 27.5 Å². The maximum atomic E-state index is 13.5. The molecule has 0 bridgehead atoms. The van der Waals surface area contributed by atoms with Crippen molar-refractivity contribution in [3.8, 4) is 0 Å². The van der Waals surface area contributed by atoms with E-state index in [0.29, 0.717) is 32.3 Å². The molecular formula is C45H72O7Si3. The average molecular weight is 809 g/mol. The molecule has 0 radical (unpaired) electrons. The van der Waals surface area contributed by atoms with Crippen molar-refractivity contribution in [1.29, 1.82) is 0 Å². The first-order valence-corrected chi connectivity index (χ1v) is 28.3. The number of ether oxygens (including phenoxy) is 3. The van der Waals surface area contributed by atoms with E-state index in [1.165, 1.54) is 10.4 Å². The Labute approximate surface area is 336 Å². The quantitative estimate of drug-likeness (QED) is 0.156. The van der Waals surface area contributed by atoms with E-state index in [0.717, 1.165) is 5.57 Å². The zero-order valence-electron chi connectivity index (χ0n) is 36.5. The van der Waals surface area contributed by atoms with E-state index in [9.17, 15) is 4.79 Å². The molecule has 7 nitrogen and oxygen atoms in total. The second kappa shape index (κ2) is 16.1. The highest BCUT2D eigenvalue weighted by atomic mass is 28.4. The van der Waals surface area contributed by atoms with Crippen molar-refractivity contribution in [2.45, 2.75) is 178 Å². The molecule has 2 aromatic carbocycles. The molecule has 0 unspecified atom stereocenters. The van der Waals surface area contributed by atoms with Gasteiger partial charge in [0.05, 0.1) is 43.7 Å². The van der Waals surface area contributed by atoms with Crippen LogP contribution in [0.3, 0.4) is 0 Å². The largest absolute Gasteiger partial charge is 0.414 e. The summed E-state index contributed by atoms with van der Waals surface area (Å²) in [6, 6.07) is 21.5. The number of fused-ring (bicyclic) bond motifs is 2. The van der Waals surface area contributed by atoms with Gasteiger partial charge in [-0.05, 0) is 65.0 Å². The third-order valence-electron chi connectivity index (χ3n) is 13.5. The van der Waals surface area contributed by atoms with Gasteiger partial charge >= 0.3 is 0 Å². The van der Waals surface area contributed by atoms with Gasteiger partial charge in [0.15, 0.2) is 22.4 Å². The van der Waals surface area contributed by atoms with Gasteiger partial charge in [0.1, 0.15) is 11.7 Å². The summed E-state index contributed by atoms with van der Waals surface area (Å²) >= 11 is 0. The number of Topliss-reactive ketones (excluding diaryl/α,β-unsaturated/α-hetero) is 1. The van der Waals surface area contributed by atoms with Crippen LogP contribution in [-0.4, -0.2) is 86.2 Å². The highest BCUT2D eigenvalue weighted by Crippen LogP contribution is 2.48. The van der Waals surface area contributed by atoms with Crippen LogP contribution >= 0.6 is 0 Å². The molecule has 0 aliphatic carbocycles. The fourth-order valence-corrected chi connectivity index (χ4v) is 15.0. The van der Waals surface area contributed by atoms with Gasteiger partial charge in [-0.15, -0.1) is 0 Å². The summed E-state index contributed by atoms with van der Waals surface area (Å²) in [7, 11) is -7.02. The smallest absolute Gasteiger partial charge is 0.261 e. The van der Waals surface area contributed by atoms with Crippen LogP contribution in [0.15, 0.2) is 72.8 Å². The highest BCUT2D eigenvalue weighted by molar-refractivity contribution is 6.99. The second-order valence-corrected chi connectivity index (χ2v) is 34.6. The standard InChI is InChI=1S/C45H72O7Si3/c1-32(30-48-55(44(8,9)10,34-22-18-16-19-23-34)35-24-20-17-21-25-35)26-33-27-41(52-54(14,15)43(5,6)7)45(11)40(49-33)29-37-38(51-45)28-36(46)39(50-37)31-47-53(12,13)42(2,3)4/h16-25,33,37-41H,1,26-31H2,2-15H3/t33-,37+,38-,39-,40-,41+,45-/m1/s1. The summed E-state index contributed by atoms with van der Waals surface area (Å²) in [6.07, 6.45) is 0.435. The zero-order valence-corrected chi connectivity index (χ0v) is 39.5. The van der Waals surface area contributed by atoms with Crippen molar-refractivity contribution in [2.75, 3.05) is 13.2 Å². The third kappa shape index (κ3) is 9.28. The summed E-state index contributed by atoms with van der Waals surface area (Å²) < 4.78 is 41.7. The molecule has 306 valence electrons. The van der Waals surface area contributed by atoms with E-state index in [2.05, 4.69) is 163 Å². The minimum atomic E-state index is -2.74. The lowest BCUT2D eigenvalue weighted by atomic mass is 9.77. The van der Waals surface area contributed by atoms with E-state index in [-0.39, 0.29) is 58.0 Å². The Balaban J connectivity index is 1.37. The lowest BCUT2D eigenvalue weighted by Gasteiger charge is -2.58. The number of carbonyl (C=O) groups excluding carboxylic acids is 1. The predicted octanol–water partition coefficient (Wildman–Crippen LogP) is 9.35. The minimum Gasteiger partial charge on any atom is -0.414 e. The van der Waals surface area contributed by atoms with Crippen LogP contribution in [0.1, 0.15) is 94.9 Å². The highest BCUT2D eigenvalue weighted by Gasteiger charge is 2.59. The molecule has 55 heavy (non-hydrogen) atoms. The Kier molecular flexibility index (Phi) is 13.0. The van der Waals surface area contributed by atoms with Crippen LogP contribution in [0, 0.1) is 0 Å². The van der Waals surface area contributed by atoms with Crippen LogP contribution in [0.4, 0.5) is 0 Å². The summed E-state index contributed by atoms with van der Waals surface area (Å²) in [5.41, 5.74) is 0.276. The molecular weight excluding hydrogens is 737 g/mol. The maximum Gasteiger partial charge on any atom is 0.261 e. The molecule has 3 aliphatic heterocycles. The molecule has 0 aromatic heterocycles. The van der Waals surface area contributed by atoms with Gasteiger partial charge in [-0.25, -0.2) is 0 Å². The van der Waals surface area contributed by atoms with Crippen LogP contribution in [0.25, 0.3) is 0 Å². The summed E-state index contributed by atoms with van der Waals surface area (Å²) in [6.45, 7) is 36.9. The summed E-state index contributed by atoms with van der Waals surface area (Å²) in [5.74, 6) is 0.0515. The monoisotopic (exact) mass is 808 g/mol. The Morgan fingerprint density at radius 1 is 0.764 bits per heavy atom. The number of ketones is 1. The van der Waals surface area contributed by atoms with Crippen molar-refractivity contribution in [2.24, 2.45) is 0 Å². The number of rotatable bonds is 12. The Bertz CT molecular complexity index is 1590. The van der Waals surface area contributed by atoms with Gasteiger partial charge in [0.25, 0.3) is 8.32 Å². The molecule has 3 aliphatic rings. The first-order chi connectivity index (χ1) is 25.3. The summed E-state index contributed by atoms with van der Waals surface area (Å²) in [5, 5.41) is 2.43. The molecule has 0 saturated carbocycles. The molecule has 2 aromatic rings. The molecule has 0 amide bonds. The Morgan fingerprint density at radius 2 is 1.31 bits per heavy atom. The topological polar surface area (TPSA) is 72.5 Å². The molecule has 3 fully saturated rings. The lowest BCUT2D eigenvalue weighted by molar-refractivity contribution is -0.308. The van der Waals surface area contributed by atoms with Crippen molar-refractivity contribution in [3.63, 3.8) is 0 Å². The van der Waals surface area contributed by atoms with Crippen LogP contribution < -0.4 is 10.4 Å². The van der Waals surface area contributed by atoms with E-state index in [1.807, 2.05) is 0 Å².